The first-order valence-corrected chi connectivity index (χ1v) is 9.43. The molecule has 4 nitrogen and oxygen atoms in total. The smallest absolute Gasteiger partial charge is 0.220 e. The molecular formula is C20H17F2N3OS. The normalized spacial score (nSPS) is 12.6. The van der Waals surface area contributed by atoms with E-state index in [1.165, 1.54) is 18.2 Å². The van der Waals surface area contributed by atoms with Crippen molar-refractivity contribution in [1.82, 2.24) is 15.3 Å². The summed E-state index contributed by atoms with van der Waals surface area (Å²) in [7, 11) is 0. The highest BCUT2D eigenvalue weighted by molar-refractivity contribution is 7.19. The zero-order valence-electron chi connectivity index (χ0n) is 14.6. The monoisotopic (exact) mass is 385 g/mol. The van der Waals surface area contributed by atoms with E-state index in [0.29, 0.717) is 21.4 Å². The molecule has 0 aliphatic rings. The lowest BCUT2D eigenvalue weighted by Gasteiger charge is -2.12. The van der Waals surface area contributed by atoms with Gasteiger partial charge in [0.1, 0.15) is 17.5 Å². The van der Waals surface area contributed by atoms with Crippen molar-refractivity contribution in [3.8, 4) is 0 Å². The minimum Gasteiger partial charge on any atom is -0.349 e. The van der Waals surface area contributed by atoms with Crippen LogP contribution in [0.4, 0.5) is 8.78 Å². The minimum atomic E-state index is -0.492. The Bertz CT molecular complexity index is 1100. The molecule has 7 heteroatoms. The largest absolute Gasteiger partial charge is 0.349 e. The summed E-state index contributed by atoms with van der Waals surface area (Å²) < 4.78 is 28.4. The van der Waals surface area contributed by atoms with Crippen LogP contribution in [0.5, 0.6) is 0 Å². The van der Waals surface area contributed by atoms with Gasteiger partial charge in [0.2, 0.25) is 5.91 Å². The van der Waals surface area contributed by atoms with Crippen LogP contribution in [0.1, 0.15) is 30.1 Å². The first kappa shape index (κ1) is 17.6. The van der Waals surface area contributed by atoms with Crippen LogP contribution in [-0.4, -0.2) is 15.9 Å². The second-order valence-corrected chi connectivity index (χ2v) is 7.49. The molecule has 4 rings (SSSR count). The maximum absolute atomic E-state index is 14.6. The van der Waals surface area contributed by atoms with Crippen LogP contribution in [-0.2, 0) is 11.2 Å². The Morgan fingerprint density at radius 2 is 2.07 bits per heavy atom. The van der Waals surface area contributed by atoms with E-state index in [9.17, 15) is 13.6 Å². The Kier molecular flexibility index (Phi) is 4.61. The predicted octanol–water partition coefficient (Wildman–Crippen LogP) is 4.87. The molecule has 1 amide bonds. The summed E-state index contributed by atoms with van der Waals surface area (Å²) in [4.78, 5) is 20.3. The van der Waals surface area contributed by atoms with Crippen molar-refractivity contribution < 1.29 is 13.6 Å². The van der Waals surface area contributed by atoms with E-state index in [1.807, 2.05) is 24.3 Å². The van der Waals surface area contributed by atoms with Crippen molar-refractivity contribution in [2.45, 2.75) is 25.8 Å². The van der Waals surface area contributed by atoms with Crippen LogP contribution in [0.3, 0.4) is 0 Å². The van der Waals surface area contributed by atoms with Crippen molar-refractivity contribution in [3.05, 3.63) is 64.8 Å². The average molecular weight is 385 g/mol. The number of rotatable bonds is 5. The topological polar surface area (TPSA) is 57.8 Å². The minimum absolute atomic E-state index is 0.189. The Morgan fingerprint density at radius 1 is 1.26 bits per heavy atom. The number of fused-ring (bicyclic) bond motifs is 2. The number of benzene rings is 2. The maximum atomic E-state index is 14.6. The van der Waals surface area contributed by atoms with Crippen molar-refractivity contribution in [2.75, 3.05) is 0 Å². The van der Waals surface area contributed by atoms with Gasteiger partial charge in [-0.25, -0.2) is 13.8 Å². The molecule has 0 saturated carbocycles. The lowest BCUT2D eigenvalue weighted by Crippen LogP contribution is -2.26. The number of H-pyrrole nitrogens is 1. The molecule has 0 fully saturated rings. The molecule has 0 bridgehead atoms. The standard InChI is InChI=1S/C20H17F2N3OS/c1-11(20-19(22)13-7-6-12(21)10-16(13)27-20)23-18(26)9-8-17-24-14-4-2-3-5-15(14)25-17/h2-7,10-11H,8-9H2,1H3,(H,23,26)(H,24,25). The van der Waals surface area contributed by atoms with Gasteiger partial charge in [-0.1, -0.05) is 12.1 Å². The number of amides is 1. The molecule has 2 aromatic heterocycles. The second kappa shape index (κ2) is 7.08. The van der Waals surface area contributed by atoms with E-state index in [2.05, 4.69) is 15.3 Å². The summed E-state index contributed by atoms with van der Waals surface area (Å²) >= 11 is 1.16. The summed E-state index contributed by atoms with van der Waals surface area (Å²) in [5.74, 6) is -0.258. The van der Waals surface area contributed by atoms with Crippen LogP contribution in [0.25, 0.3) is 21.1 Å². The van der Waals surface area contributed by atoms with E-state index in [4.69, 9.17) is 0 Å². The van der Waals surface area contributed by atoms with Gasteiger partial charge in [0, 0.05) is 22.9 Å². The molecular weight excluding hydrogens is 368 g/mol. The van der Waals surface area contributed by atoms with Crippen LogP contribution in [0, 0.1) is 11.6 Å². The number of aromatic amines is 1. The molecule has 0 aliphatic carbocycles. The molecule has 1 atom stereocenters. The fraction of sp³-hybridized carbons (Fsp3) is 0.200. The van der Waals surface area contributed by atoms with Gasteiger partial charge in [-0.05, 0) is 37.3 Å². The van der Waals surface area contributed by atoms with E-state index in [1.54, 1.807) is 6.92 Å². The second-order valence-electron chi connectivity index (χ2n) is 6.41. The van der Waals surface area contributed by atoms with Gasteiger partial charge >= 0.3 is 0 Å². The number of nitrogens with zero attached hydrogens (tertiary/aromatic N) is 1. The summed E-state index contributed by atoms with van der Waals surface area (Å²) in [6, 6.07) is 11.1. The Labute approximate surface area is 158 Å². The maximum Gasteiger partial charge on any atom is 0.220 e. The molecule has 1 unspecified atom stereocenters. The summed E-state index contributed by atoms with van der Waals surface area (Å²) in [6.07, 6.45) is 0.707. The molecule has 0 saturated heterocycles. The molecule has 138 valence electrons. The molecule has 27 heavy (non-hydrogen) atoms. The number of imidazole rings is 1. The van der Waals surface area contributed by atoms with Gasteiger partial charge in [-0.15, -0.1) is 11.3 Å². The summed E-state index contributed by atoms with van der Waals surface area (Å²) in [6.45, 7) is 1.73. The van der Waals surface area contributed by atoms with Crippen molar-refractivity contribution >= 4 is 38.4 Å². The van der Waals surface area contributed by atoms with E-state index >= 15 is 0 Å². The van der Waals surface area contributed by atoms with E-state index in [-0.39, 0.29) is 12.3 Å². The van der Waals surface area contributed by atoms with Crippen LogP contribution < -0.4 is 5.32 Å². The molecule has 2 heterocycles. The fourth-order valence-corrected chi connectivity index (χ4v) is 4.18. The lowest BCUT2D eigenvalue weighted by molar-refractivity contribution is -0.121. The highest BCUT2D eigenvalue weighted by Crippen LogP contribution is 2.34. The zero-order valence-corrected chi connectivity index (χ0v) is 15.4. The highest BCUT2D eigenvalue weighted by atomic mass is 32.1. The lowest BCUT2D eigenvalue weighted by atomic mass is 10.2. The molecule has 0 radical (unpaired) electrons. The molecule has 0 aliphatic heterocycles. The highest BCUT2D eigenvalue weighted by Gasteiger charge is 2.19. The van der Waals surface area contributed by atoms with Crippen molar-refractivity contribution in [3.63, 3.8) is 0 Å². The fourth-order valence-electron chi connectivity index (χ4n) is 3.07. The van der Waals surface area contributed by atoms with Crippen molar-refractivity contribution in [2.24, 2.45) is 0 Å². The number of hydrogen-bond acceptors (Lipinski definition) is 3. The first-order valence-electron chi connectivity index (χ1n) is 8.61. The number of hydrogen-bond donors (Lipinski definition) is 2. The Hall–Kier alpha value is -2.80. The average Bonchev–Trinajstić information content (AvgIpc) is 3.20. The number of para-hydroxylation sites is 2. The number of thiophene rings is 1. The number of carbonyl (C=O) groups is 1. The van der Waals surface area contributed by atoms with E-state index < -0.39 is 17.7 Å². The number of aryl methyl sites for hydroxylation is 1. The third-order valence-corrected chi connectivity index (χ3v) is 5.72. The number of aromatic nitrogens is 2. The number of carbonyl (C=O) groups excluding carboxylic acids is 1. The number of halogens is 2. The van der Waals surface area contributed by atoms with Gasteiger partial charge in [-0.2, -0.15) is 0 Å². The van der Waals surface area contributed by atoms with Gasteiger partial charge in [-0.3, -0.25) is 4.79 Å². The quantitative estimate of drug-likeness (QED) is 0.515. The Morgan fingerprint density at radius 3 is 2.89 bits per heavy atom. The van der Waals surface area contributed by atoms with Crippen molar-refractivity contribution in [1.29, 1.82) is 0 Å². The summed E-state index contributed by atoms with van der Waals surface area (Å²) in [5, 5.41) is 3.19. The van der Waals surface area contributed by atoms with Gasteiger partial charge in [0.15, 0.2) is 0 Å². The van der Waals surface area contributed by atoms with Gasteiger partial charge in [0.05, 0.1) is 22.0 Å². The van der Waals surface area contributed by atoms with Crippen LogP contribution in [0.15, 0.2) is 42.5 Å². The molecule has 2 N–H and O–H groups in total. The first-order chi connectivity index (χ1) is 13.0. The van der Waals surface area contributed by atoms with Crippen LogP contribution >= 0.6 is 11.3 Å². The zero-order chi connectivity index (χ0) is 19.0. The third-order valence-electron chi connectivity index (χ3n) is 4.41. The van der Waals surface area contributed by atoms with Gasteiger partial charge < -0.3 is 10.3 Å². The van der Waals surface area contributed by atoms with Gasteiger partial charge in [0.25, 0.3) is 0 Å². The van der Waals surface area contributed by atoms with Crippen LogP contribution in [0.2, 0.25) is 0 Å². The predicted molar refractivity (Wildman–Crippen MR) is 103 cm³/mol. The SMILES string of the molecule is CC(NC(=O)CCc1nc2ccccc2[nH]1)c1sc2cc(F)ccc2c1F. The third kappa shape index (κ3) is 3.55. The summed E-state index contributed by atoms with van der Waals surface area (Å²) in [5.41, 5.74) is 1.79. The van der Waals surface area contributed by atoms with E-state index in [0.717, 1.165) is 28.2 Å². The molecule has 4 aromatic rings. The Balaban J connectivity index is 1.42. The molecule has 0 spiro atoms. The number of nitrogens with one attached hydrogen (secondary N) is 2. The molecule has 2 aromatic carbocycles.